The third-order valence-corrected chi connectivity index (χ3v) is 7.33. The molecule has 2 heterocycles. The number of thiophene rings is 1. The molecule has 1 aliphatic rings. The van der Waals surface area contributed by atoms with Gasteiger partial charge in [0, 0.05) is 26.2 Å². The monoisotopic (exact) mass is 392 g/mol. The van der Waals surface area contributed by atoms with Crippen molar-refractivity contribution >= 4 is 38.9 Å². The molecule has 1 saturated heterocycles. The molecule has 1 fully saturated rings. The zero-order chi connectivity index (χ0) is 17.7. The largest absolute Gasteiger partial charge is 0.368 e. The predicted octanol–water partition coefficient (Wildman–Crippen LogP) is 2.22. The van der Waals surface area contributed by atoms with Crippen molar-refractivity contribution in [1.82, 2.24) is 9.21 Å². The highest BCUT2D eigenvalue weighted by Gasteiger charge is 2.32. The summed E-state index contributed by atoms with van der Waals surface area (Å²) in [5.41, 5.74) is 0. The topological polar surface area (TPSA) is 66.9 Å². The van der Waals surface area contributed by atoms with Crippen LogP contribution >= 0.6 is 22.9 Å². The molecule has 1 atom stereocenters. The average molecular weight is 393 g/mol. The van der Waals surface area contributed by atoms with E-state index in [1.54, 1.807) is 24.0 Å². The van der Waals surface area contributed by atoms with Gasteiger partial charge in [-0.2, -0.15) is 4.31 Å². The molecule has 0 aliphatic carbocycles. The van der Waals surface area contributed by atoms with Crippen LogP contribution in [-0.4, -0.2) is 62.4 Å². The van der Waals surface area contributed by atoms with Gasteiger partial charge in [-0.25, -0.2) is 8.42 Å². The Hall–Kier alpha value is -0.930. The van der Waals surface area contributed by atoms with Crippen molar-refractivity contribution in [2.75, 3.05) is 32.8 Å². The molecule has 9 heteroatoms. The molecule has 6 nitrogen and oxygen atoms in total. The molecule has 0 saturated carbocycles. The molecule has 0 N–H and O–H groups in total. The van der Waals surface area contributed by atoms with Gasteiger partial charge in [-0.15, -0.1) is 17.9 Å². The summed E-state index contributed by atoms with van der Waals surface area (Å²) in [5, 5.41) is 0. The van der Waals surface area contributed by atoms with E-state index in [4.69, 9.17) is 16.3 Å². The molecule has 0 aromatic carbocycles. The van der Waals surface area contributed by atoms with Crippen LogP contribution in [0.25, 0.3) is 0 Å². The van der Waals surface area contributed by atoms with E-state index in [2.05, 4.69) is 6.58 Å². The highest BCUT2D eigenvalue weighted by Crippen LogP contribution is 2.28. The van der Waals surface area contributed by atoms with Crippen LogP contribution in [0.15, 0.2) is 29.0 Å². The number of rotatable bonds is 7. The molecule has 2 rings (SSSR count). The second-order valence-corrected chi connectivity index (χ2v) is 9.26. The van der Waals surface area contributed by atoms with E-state index in [1.807, 2.05) is 0 Å². The molecule has 0 radical (unpaired) electrons. The Morgan fingerprint density at radius 2 is 2.08 bits per heavy atom. The number of carbonyl (C=O) groups is 1. The minimum Gasteiger partial charge on any atom is -0.368 e. The predicted molar refractivity (Wildman–Crippen MR) is 94.9 cm³/mol. The number of halogens is 1. The Morgan fingerprint density at radius 1 is 1.42 bits per heavy atom. The molecule has 1 amide bonds. The van der Waals surface area contributed by atoms with Crippen molar-refractivity contribution < 1.29 is 17.9 Å². The maximum absolute atomic E-state index is 12.5. The van der Waals surface area contributed by atoms with E-state index >= 15 is 0 Å². The van der Waals surface area contributed by atoms with Crippen LogP contribution in [0.3, 0.4) is 0 Å². The first-order valence-electron chi connectivity index (χ1n) is 7.63. The third-order valence-electron chi connectivity index (χ3n) is 3.73. The molecule has 1 aromatic rings. The van der Waals surface area contributed by atoms with Gasteiger partial charge in [0.2, 0.25) is 0 Å². The number of hydrogen-bond donors (Lipinski definition) is 0. The number of amides is 1. The van der Waals surface area contributed by atoms with Crippen LogP contribution in [0, 0.1) is 0 Å². The van der Waals surface area contributed by atoms with E-state index in [9.17, 15) is 13.2 Å². The third kappa shape index (κ3) is 4.58. The van der Waals surface area contributed by atoms with E-state index in [-0.39, 0.29) is 23.2 Å². The number of hydrogen-bond acceptors (Lipinski definition) is 5. The molecular weight excluding hydrogens is 372 g/mol. The zero-order valence-electron chi connectivity index (χ0n) is 13.5. The van der Waals surface area contributed by atoms with Gasteiger partial charge in [-0.3, -0.25) is 4.79 Å². The SMILES string of the molecule is C=CCCOC(C)C(=O)N1CCN(S(=O)(=O)c2ccc(Cl)s2)CC1. The molecule has 1 unspecified atom stereocenters. The highest BCUT2D eigenvalue weighted by molar-refractivity contribution is 7.91. The van der Waals surface area contributed by atoms with Crippen molar-refractivity contribution in [3.63, 3.8) is 0 Å². The smallest absolute Gasteiger partial charge is 0.252 e. The Morgan fingerprint density at radius 3 is 2.62 bits per heavy atom. The van der Waals surface area contributed by atoms with Crippen molar-refractivity contribution in [3.8, 4) is 0 Å². The summed E-state index contributed by atoms with van der Waals surface area (Å²) in [5.74, 6) is -0.115. The van der Waals surface area contributed by atoms with Crippen LogP contribution in [0.2, 0.25) is 4.34 Å². The number of sulfonamides is 1. The van der Waals surface area contributed by atoms with Gasteiger partial charge >= 0.3 is 0 Å². The Bertz CT molecular complexity index is 681. The van der Waals surface area contributed by atoms with E-state index in [1.165, 1.54) is 10.4 Å². The summed E-state index contributed by atoms with van der Waals surface area (Å²) >= 11 is 6.86. The van der Waals surface area contributed by atoms with Gasteiger partial charge in [0.15, 0.2) is 0 Å². The fraction of sp³-hybridized carbons (Fsp3) is 0.533. The average Bonchev–Trinajstić information content (AvgIpc) is 3.01. The second kappa shape index (κ2) is 8.44. The first-order chi connectivity index (χ1) is 11.4. The first-order valence-corrected chi connectivity index (χ1v) is 10.3. The van der Waals surface area contributed by atoms with Gasteiger partial charge < -0.3 is 9.64 Å². The fourth-order valence-corrected chi connectivity index (χ4v) is 5.43. The normalized spacial score (nSPS) is 17.7. The summed E-state index contributed by atoms with van der Waals surface area (Å²) < 4.78 is 32.6. The lowest BCUT2D eigenvalue weighted by molar-refractivity contribution is -0.143. The minimum absolute atomic E-state index is 0.115. The lowest BCUT2D eigenvalue weighted by Gasteiger charge is -2.34. The number of ether oxygens (including phenoxy) is 1. The van der Waals surface area contributed by atoms with Crippen LogP contribution in [0.4, 0.5) is 0 Å². The van der Waals surface area contributed by atoms with E-state index in [0.717, 1.165) is 11.3 Å². The standard InChI is InChI=1S/C15H21ClN2O4S2/c1-3-4-11-22-12(2)15(19)17-7-9-18(10-8-17)24(20,21)14-6-5-13(16)23-14/h3,5-6,12H,1,4,7-11H2,2H3. The highest BCUT2D eigenvalue weighted by atomic mass is 35.5. The van der Waals surface area contributed by atoms with Gasteiger partial charge in [0.1, 0.15) is 10.3 Å². The van der Waals surface area contributed by atoms with Gasteiger partial charge in [0.05, 0.1) is 10.9 Å². The Balaban J connectivity index is 1.91. The second-order valence-electron chi connectivity index (χ2n) is 5.38. The molecular formula is C15H21ClN2O4S2. The molecule has 1 aromatic heterocycles. The molecule has 1 aliphatic heterocycles. The van der Waals surface area contributed by atoms with Crippen LogP contribution in [-0.2, 0) is 19.6 Å². The van der Waals surface area contributed by atoms with Crippen molar-refractivity contribution in [1.29, 1.82) is 0 Å². The summed E-state index contributed by atoms with van der Waals surface area (Å²) in [6, 6.07) is 3.08. The fourth-order valence-electron chi connectivity index (χ4n) is 2.37. The summed E-state index contributed by atoms with van der Waals surface area (Å²) in [6.45, 7) is 7.00. The van der Waals surface area contributed by atoms with Crippen LogP contribution < -0.4 is 0 Å². The van der Waals surface area contributed by atoms with Gasteiger partial charge in [-0.1, -0.05) is 17.7 Å². The number of nitrogens with zero attached hydrogens (tertiary/aromatic N) is 2. The van der Waals surface area contributed by atoms with Crippen molar-refractivity contribution in [2.45, 2.75) is 23.7 Å². The quantitative estimate of drug-likeness (QED) is 0.527. The first kappa shape index (κ1) is 19.4. The number of piperazine rings is 1. The maximum atomic E-state index is 12.5. The molecule has 0 spiro atoms. The van der Waals surface area contributed by atoms with E-state index < -0.39 is 16.1 Å². The summed E-state index contributed by atoms with van der Waals surface area (Å²) in [6.07, 6.45) is 1.88. The van der Waals surface area contributed by atoms with Gasteiger partial charge in [-0.05, 0) is 25.5 Å². The number of carbonyl (C=O) groups excluding carboxylic acids is 1. The maximum Gasteiger partial charge on any atom is 0.252 e. The summed E-state index contributed by atoms with van der Waals surface area (Å²) in [7, 11) is -3.54. The Kier molecular flexibility index (Phi) is 6.82. The van der Waals surface area contributed by atoms with Crippen LogP contribution in [0.1, 0.15) is 13.3 Å². The Labute approximate surface area is 151 Å². The lowest BCUT2D eigenvalue weighted by atomic mass is 10.3. The van der Waals surface area contributed by atoms with E-state index in [0.29, 0.717) is 30.5 Å². The van der Waals surface area contributed by atoms with Crippen LogP contribution in [0.5, 0.6) is 0 Å². The zero-order valence-corrected chi connectivity index (χ0v) is 15.9. The molecule has 24 heavy (non-hydrogen) atoms. The van der Waals surface area contributed by atoms with Gasteiger partial charge in [0.25, 0.3) is 15.9 Å². The molecule has 0 bridgehead atoms. The van der Waals surface area contributed by atoms with Crippen molar-refractivity contribution in [3.05, 3.63) is 29.1 Å². The van der Waals surface area contributed by atoms with Crippen molar-refractivity contribution in [2.24, 2.45) is 0 Å². The lowest BCUT2D eigenvalue weighted by Crippen LogP contribution is -2.52. The summed E-state index contributed by atoms with van der Waals surface area (Å²) in [4.78, 5) is 14.0. The minimum atomic E-state index is -3.54. The molecule has 134 valence electrons.